The van der Waals surface area contributed by atoms with Gasteiger partial charge in [0.05, 0.1) is 40.3 Å². The van der Waals surface area contributed by atoms with E-state index >= 15 is 0 Å². The summed E-state index contributed by atoms with van der Waals surface area (Å²) in [6.07, 6.45) is 106. The van der Waals surface area contributed by atoms with Crippen molar-refractivity contribution in [3.63, 3.8) is 0 Å². The monoisotopic (exact) mass is 1460 g/mol. The second-order valence-corrected chi connectivity index (χ2v) is 34.0. The summed E-state index contributed by atoms with van der Waals surface area (Å²) < 4.78 is 23.0. The van der Waals surface area contributed by atoms with Gasteiger partial charge in [0.1, 0.15) is 13.2 Å². The number of nitrogens with zero attached hydrogens (tertiary/aromatic N) is 1. The zero-order valence-corrected chi connectivity index (χ0v) is 70.8. The van der Waals surface area contributed by atoms with Crippen molar-refractivity contribution in [3.8, 4) is 0 Å². The summed E-state index contributed by atoms with van der Waals surface area (Å²) in [5, 5.41) is 11.9. The molecule has 2 atom stereocenters. The topological polar surface area (TPSA) is 111 Å². The van der Waals surface area contributed by atoms with E-state index in [1.165, 1.54) is 462 Å². The van der Waals surface area contributed by atoms with Gasteiger partial charge in [-0.2, -0.15) is 0 Å². The first-order valence-electron chi connectivity index (χ1n) is 47.2. The van der Waals surface area contributed by atoms with E-state index in [0.29, 0.717) is 17.4 Å². The van der Waals surface area contributed by atoms with Gasteiger partial charge in [0.2, 0.25) is 0 Å². The van der Waals surface area contributed by atoms with Crippen molar-refractivity contribution in [1.82, 2.24) is 0 Å². The highest BCUT2D eigenvalue weighted by Gasteiger charge is 2.22. The van der Waals surface area contributed by atoms with Crippen LogP contribution in [0, 0.1) is 0 Å². The number of likely N-dealkylation sites (N-methyl/N-ethyl adjacent to an activating group) is 1. The Morgan fingerprint density at radius 3 is 0.621 bits per heavy atom. The molecule has 0 aliphatic heterocycles. The van der Waals surface area contributed by atoms with Gasteiger partial charge >= 0.3 is 11.9 Å². The van der Waals surface area contributed by atoms with Crippen molar-refractivity contribution in [2.45, 2.75) is 540 Å². The molecule has 0 N–H and O–H groups in total. The molecule has 0 saturated heterocycles. The molecule has 9 heteroatoms. The third-order valence-electron chi connectivity index (χ3n) is 22.4. The molecule has 0 aromatic heterocycles. The molecule has 0 aliphatic rings. The molecule has 0 radical (unpaired) electrons. The number of carboxylic acid groups (broad SMARTS) is 1. The Morgan fingerprint density at radius 1 is 0.252 bits per heavy atom. The lowest BCUT2D eigenvalue weighted by molar-refractivity contribution is -0.870. The van der Waals surface area contributed by atoms with Crippen LogP contribution in [0.15, 0.2) is 0 Å². The lowest BCUT2D eigenvalue weighted by Gasteiger charge is -2.26. The Hall–Kier alpha value is -1.71. The number of carbonyl (C=O) groups is 3. The highest BCUT2D eigenvalue weighted by Crippen LogP contribution is 2.22. The normalized spacial score (nSPS) is 12.4. The van der Waals surface area contributed by atoms with Gasteiger partial charge in [0.25, 0.3) is 0 Å². The fraction of sp³-hybridized carbons (Fsp3) is 0.968. The van der Waals surface area contributed by atoms with Crippen LogP contribution in [0.25, 0.3) is 0 Å². The molecule has 103 heavy (non-hydrogen) atoms. The first-order chi connectivity index (χ1) is 50.6. The second-order valence-electron chi connectivity index (χ2n) is 34.0. The lowest BCUT2D eigenvalue weighted by Crippen LogP contribution is -2.44. The van der Waals surface area contributed by atoms with Gasteiger partial charge in [0, 0.05) is 12.8 Å². The Morgan fingerprint density at radius 2 is 0.437 bits per heavy atom. The van der Waals surface area contributed by atoms with Crippen LogP contribution in [0.5, 0.6) is 0 Å². The molecule has 0 aromatic rings. The van der Waals surface area contributed by atoms with Gasteiger partial charge in [-0.3, -0.25) is 9.59 Å². The Labute approximate surface area is 644 Å². The van der Waals surface area contributed by atoms with Crippen LogP contribution >= 0.6 is 0 Å². The summed E-state index contributed by atoms with van der Waals surface area (Å²) in [5.41, 5.74) is 0. The van der Waals surface area contributed by atoms with Gasteiger partial charge < -0.3 is 33.3 Å². The molecule has 2 unspecified atom stereocenters. The third-order valence-corrected chi connectivity index (χ3v) is 22.4. The Bertz CT molecular complexity index is 1650. The summed E-state index contributed by atoms with van der Waals surface area (Å²) in [5.74, 6) is -2.23. The van der Waals surface area contributed by atoms with E-state index in [9.17, 15) is 19.5 Å². The zero-order chi connectivity index (χ0) is 74.6. The molecular formula is C94H185NO8. The lowest BCUT2D eigenvalue weighted by atomic mass is 10.0. The smallest absolute Gasteiger partial charge is 0.306 e. The van der Waals surface area contributed by atoms with E-state index < -0.39 is 24.3 Å². The van der Waals surface area contributed by atoms with Crippen molar-refractivity contribution in [1.29, 1.82) is 0 Å². The minimum Gasteiger partial charge on any atom is -0.545 e. The number of unbranched alkanes of at least 4 members (excludes halogenated alkanes) is 76. The Kier molecular flexibility index (Phi) is 84.5. The van der Waals surface area contributed by atoms with Crippen molar-refractivity contribution in [2.24, 2.45) is 0 Å². The number of esters is 2. The van der Waals surface area contributed by atoms with E-state index in [-0.39, 0.29) is 32.2 Å². The van der Waals surface area contributed by atoms with Gasteiger partial charge in [-0.1, -0.05) is 502 Å². The van der Waals surface area contributed by atoms with Gasteiger partial charge in [-0.25, -0.2) is 0 Å². The van der Waals surface area contributed by atoms with Crippen LogP contribution in [0.1, 0.15) is 528 Å². The maximum Gasteiger partial charge on any atom is 0.306 e. The molecule has 9 nitrogen and oxygen atoms in total. The maximum absolute atomic E-state index is 13.0. The number of carbonyl (C=O) groups excluding carboxylic acids is 3. The van der Waals surface area contributed by atoms with E-state index in [4.69, 9.17) is 18.9 Å². The first-order valence-corrected chi connectivity index (χ1v) is 47.2. The van der Waals surface area contributed by atoms with Crippen LogP contribution in [-0.4, -0.2) is 82.3 Å². The number of rotatable bonds is 91. The number of quaternary nitrogens is 1. The van der Waals surface area contributed by atoms with Crippen molar-refractivity contribution in [3.05, 3.63) is 0 Å². The molecule has 0 aliphatic carbocycles. The number of carboxylic acids is 1. The number of aliphatic carboxylic acids is 1. The molecule has 0 bridgehead atoms. The van der Waals surface area contributed by atoms with Gasteiger partial charge in [-0.15, -0.1) is 0 Å². The predicted molar refractivity (Wildman–Crippen MR) is 445 cm³/mol. The fourth-order valence-electron chi connectivity index (χ4n) is 15.2. The molecule has 614 valence electrons. The fourth-order valence-corrected chi connectivity index (χ4v) is 15.2. The first kappa shape index (κ1) is 101. The summed E-state index contributed by atoms with van der Waals surface area (Å²) in [7, 11) is 5.97. The predicted octanol–water partition coefficient (Wildman–Crippen LogP) is 29.5. The van der Waals surface area contributed by atoms with E-state index in [1.807, 2.05) is 21.1 Å². The summed E-state index contributed by atoms with van der Waals surface area (Å²) >= 11 is 0. The highest BCUT2D eigenvalue weighted by atomic mass is 16.7. The molecule has 0 heterocycles. The van der Waals surface area contributed by atoms with Crippen LogP contribution in [0.4, 0.5) is 0 Å². The summed E-state index contributed by atoms with van der Waals surface area (Å²) in [4.78, 5) is 37.7. The number of ether oxygens (including phenoxy) is 4. The van der Waals surface area contributed by atoms with Crippen molar-refractivity contribution < 1.29 is 42.9 Å². The highest BCUT2D eigenvalue weighted by molar-refractivity contribution is 5.70. The van der Waals surface area contributed by atoms with Crippen molar-refractivity contribution in [2.75, 3.05) is 47.5 Å². The molecule has 0 fully saturated rings. The minimum absolute atomic E-state index is 0.154. The minimum atomic E-state index is -1.62. The molecule has 0 amide bonds. The SMILES string of the molecule is CCCCCCCCCCCCCCCCCCCCCCCCCCCCCCCCCCCCCCCCCC(=O)OCC(COC(OCC[N+](C)(C)C)C(=O)[O-])OC(=O)CCCCCCCCCCCCCCCCCCCCCCCCCCCCCCCCCCCCCCCCC. The molecule has 0 spiro atoms. The second kappa shape index (κ2) is 85.9. The zero-order valence-electron chi connectivity index (χ0n) is 70.8. The number of hydrogen-bond donors (Lipinski definition) is 0. The van der Waals surface area contributed by atoms with Crippen LogP contribution < -0.4 is 5.11 Å². The van der Waals surface area contributed by atoms with Crippen LogP contribution in [-0.2, 0) is 33.3 Å². The van der Waals surface area contributed by atoms with E-state index in [2.05, 4.69) is 13.8 Å². The van der Waals surface area contributed by atoms with Crippen molar-refractivity contribution >= 4 is 17.9 Å². The molecule has 0 aromatic carbocycles. The van der Waals surface area contributed by atoms with Crippen LogP contribution in [0.2, 0.25) is 0 Å². The molecular weight excluding hydrogens is 1270 g/mol. The Balaban J connectivity index is 3.84. The summed E-state index contributed by atoms with van der Waals surface area (Å²) in [6.45, 7) is 4.87. The van der Waals surface area contributed by atoms with Gasteiger partial charge in [0.15, 0.2) is 12.4 Å². The van der Waals surface area contributed by atoms with Crippen LogP contribution in [0.3, 0.4) is 0 Å². The molecule has 0 saturated carbocycles. The van der Waals surface area contributed by atoms with Gasteiger partial charge in [-0.05, 0) is 12.8 Å². The standard InChI is InChI=1S/C94H185NO8/c1-6-8-10-12-14-16-18-20-22-24-26-28-30-32-34-36-38-40-42-44-46-48-50-52-54-56-58-60-62-64-66-68-70-72-74-76-78-80-82-84-91(96)101-88-90(89-102-94(93(98)99)100-87-86-95(3,4)5)103-92(97)85-83-81-79-77-75-73-71-69-67-65-63-61-59-57-55-53-51-49-47-45-43-41-39-37-35-33-31-29-27-25-23-21-19-17-15-13-11-9-7-2/h90,94H,6-89H2,1-5H3. The largest absolute Gasteiger partial charge is 0.545 e. The quantitative estimate of drug-likeness (QED) is 0.0256. The average Bonchev–Trinajstić information content (AvgIpc) is 1.06. The van der Waals surface area contributed by atoms with E-state index in [0.717, 1.165) is 38.5 Å². The third kappa shape index (κ3) is 87.4. The average molecular weight is 1460 g/mol. The van der Waals surface area contributed by atoms with E-state index in [1.54, 1.807) is 0 Å². The summed E-state index contributed by atoms with van der Waals surface area (Å²) in [6, 6.07) is 0. The number of hydrogen-bond acceptors (Lipinski definition) is 8. The maximum atomic E-state index is 13.0. The molecule has 0 rings (SSSR count).